The zero-order chi connectivity index (χ0) is 24.1. The van der Waals surface area contributed by atoms with Gasteiger partial charge in [-0.15, -0.1) is 0 Å². The summed E-state index contributed by atoms with van der Waals surface area (Å²) in [6.07, 6.45) is 2.74. The molecular formula is C26H28BrN3O2S. The first kappa shape index (κ1) is 23.6. The SMILES string of the molecule is CCN1c2cc(C)c(/C=C3\C(=O)NC(=S)N(c4ccc(Br)cc4)C3=O)cc2[C@H](C)CC1(C)C. The van der Waals surface area contributed by atoms with Crippen LogP contribution in [0.1, 0.15) is 56.7 Å². The van der Waals surface area contributed by atoms with Gasteiger partial charge in [-0.1, -0.05) is 22.9 Å². The fourth-order valence-electron chi connectivity index (χ4n) is 5.04. The molecule has 2 aromatic carbocycles. The van der Waals surface area contributed by atoms with Crippen molar-refractivity contribution in [1.29, 1.82) is 0 Å². The maximum atomic E-state index is 13.4. The molecular weight excluding hydrogens is 498 g/mol. The minimum Gasteiger partial charge on any atom is -0.366 e. The lowest BCUT2D eigenvalue weighted by Crippen LogP contribution is -2.54. The van der Waals surface area contributed by atoms with Crippen molar-refractivity contribution in [2.45, 2.75) is 52.5 Å². The highest BCUT2D eigenvalue weighted by molar-refractivity contribution is 9.10. The van der Waals surface area contributed by atoms with Crippen molar-refractivity contribution >= 4 is 62.5 Å². The summed E-state index contributed by atoms with van der Waals surface area (Å²) < 4.78 is 0.893. The molecule has 172 valence electrons. The molecule has 33 heavy (non-hydrogen) atoms. The van der Waals surface area contributed by atoms with Crippen molar-refractivity contribution in [3.63, 3.8) is 0 Å². The molecule has 2 aromatic rings. The molecule has 4 rings (SSSR count). The van der Waals surface area contributed by atoms with Gasteiger partial charge in [-0.3, -0.25) is 19.8 Å². The first-order chi connectivity index (χ1) is 15.5. The van der Waals surface area contributed by atoms with Crippen molar-refractivity contribution in [3.8, 4) is 0 Å². The molecule has 0 unspecified atom stereocenters. The highest BCUT2D eigenvalue weighted by Crippen LogP contribution is 2.44. The average Bonchev–Trinajstić information content (AvgIpc) is 2.72. The first-order valence-corrected chi connectivity index (χ1v) is 12.3. The van der Waals surface area contributed by atoms with Crippen molar-refractivity contribution < 1.29 is 9.59 Å². The van der Waals surface area contributed by atoms with Crippen molar-refractivity contribution in [3.05, 3.63) is 63.1 Å². The van der Waals surface area contributed by atoms with E-state index < -0.39 is 11.8 Å². The number of halogens is 1. The molecule has 5 nitrogen and oxygen atoms in total. The topological polar surface area (TPSA) is 52.7 Å². The van der Waals surface area contributed by atoms with Crippen LogP contribution in [0.3, 0.4) is 0 Å². The lowest BCUT2D eigenvalue weighted by molar-refractivity contribution is -0.122. The van der Waals surface area contributed by atoms with Crippen molar-refractivity contribution in [1.82, 2.24) is 5.32 Å². The number of rotatable bonds is 3. The number of anilines is 2. The van der Waals surface area contributed by atoms with Gasteiger partial charge in [-0.05, 0) is 111 Å². The van der Waals surface area contributed by atoms with E-state index in [4.69, 9.17) is 12.2 Å². The molecule has 0 saturated carbocycles. The quantitative estimate of drug-likeness (QED) is 0.317. The Balaban J connectivity index is 1.77. The average molecular weight is 527 g/mol. The molecule has 0 spiro atoms. The molecule has 1 fully saturated rings. The Labute approximate surface area is 209 Å². The molecule has 0 aromatic heterocycles. The van der Waals surface area contributed by atoms with Gasteiger partial charge in [-0.25, -0.2) is 0 Å². The number of thiocarbonyl (C=S) groups is 1. The molecule has 2 heterocycles. The van der Waals surface area contributed by atoms with Gasteiger partial charge < -0.3 is 4.90 Å². The maximum Gasteiger partial charge on any atom is 0.270 e. The molecule has 1 N–H and O–H groups in total. The van der Waals surface area contributed by atoms with Gasteiger partial charge in [0, 0.05) is 22.2 Å². The van der Waals surface area contributed by atoms with Gasteiger partial charge in [0.15, 0.2) is 5.11 Å². The molecule has 1 saturated heterocycles. The van der Waals surface area contributed by atoms with Gasteiger partial charge in [0.1, 0.15) is 5.57 Å². The zero-order valence-corrected chi connectivity index (χ0v) is 21.9. The minimum absolute atomic E-state index is 0.0747. The maximum absolute atomic E-state index is 13.4. The van der Waals surface area contributed by atoms with Gasteiger partial charge in [0.25, 0.3) is 11.8 Å². The fourth-order valence-corrected chi connectivity index (χ4v) is 5.59. The van der Waals surface area contributed by atoms with Crippen LogP contribution in [-0.2, 0) is 9.59 Å². The summed E-state index contributed by atoms with van der Waals surface area (Å²) in [5, 5.41) is 2.75. The monoisotopic (exact) mass is 525 g/mol. The van der Waals surface area contributed by atoms with Crippen LogP contribution in [0.4, 0.5) is 11.4 Å². The molecule has 0 aliphatic carbocycles. The summed E-state index contributed by atoms with van der Waals surface area (Å²) >= 11 is 8.71. The second kappa shape index (κ2) is 8.69. The van der Waals surface area contributed by atoms with E-state index in [1.54, 1.807) is 18.2 Å². The molecule has 0 bridgehead atoms. The van der Waals surface area contributed by atoms with Crippen molar-refractivity contribution in [2.24, 2.45) is 0 Å². The van der Waals surface area contributed by atoms with Gasteiger partial charge in [-0.2, -0.15) is 0 Å². The zero-order valence-electron chi connectivity index (χ0n) is 19.5. The predicted octanol–water partition coefficient (Wildman–Crippen LogP) is 5.70. The number of nitrogens with zero attached hydrogens (tertiary/aromatic N) is 2. The number of amides is 2. The third kappa shape index (κ3) is 4.24. The normalized spacial score (nSPS) is 21.3. The van der Waals surface area contributed by atoms with Crippen LogP contribution in [0.15, 0.2) is 46.4 Å². The van der Waals surface area contributed by atoms with E-state index in [9.17, 15) is 9.59 Å². The summed E-state index contributed by atoms with van der Waals surface area (Å²) in [5.41, 5.74) is 5.14. The van der Waals surface area contributed by atoms with Crippen LogP contribution >= 0.6 is 28.1 Å². The standard InChI is InChI=1S/C26H28BrN3O2S/c1-6-29-22-11-15(2)17(12-20(22)16(3)14-26(29,4)5)13-21-23(31)28-25(33)30(24(21)32)19-9-7-18(27)8-10-19/h7-13,16H,6,14H2,1-5H3,(H,28,31,33)/b21-13+/t16-/m1/s1. The van der Waals surface area contributed by atoms with E-state index in [1.165, 1.54) is 16.2 Å². The Morgan fingerprint density at radius 1 is 1.21 bits per heavy atom. The van der Waals surface area contributed by atoms with Crippen LogP contribution in [0, 0.1) is 6.92 Å². The smallest absolute Gasteiger partial charge is 0.270 e. The number of fused-ring (bicyclic) bond motifs is 1. The summed E-state index contributed by atoms with van der Waals surface area (Å²) in [5.74, 6) is -0.523. The highest BCUT2D eigenvalue weighted by Gasteiger charge is 2.37. The van der Waals surface area contributed by atoms with E-state index in [-0.39, 0.29) is 16.2 Å². The predicted molar refractivity (Wildman–Crippen MR) is 142 cm³/mol. The number of hydrogen-bond acceptors (Lipinski definition) is 4. The minimum atomic E-state index is -0.472. The third-order valence-electron chi connectivity index (χ3n) is 6.58. The van der Waals surface area contributed by atoms with Gasteiger partial charge in [0.05, 0.1) is 5.69 Å². The van der Waals surface area contributed by atoms with E-state index in [0.717, 1.165) is 28.6 Å². The van der Waals surface area contributed by atoms with Gasteiger partial charge in [0.2, 0.25) is 0 Å². The largest absolute Gasteiger partial charge is 0.366 e. The Bertz CT molecular complexity index is 1190. The third-order valence-corrected chi connectivity index (χ3v) is 7.39. The molecule has 2 aliphatic heterocycles. The van der Waals surface area contributed by atoms with Crippen LogP contribution in [0.25, 0.3) is 6.08 Å². The summed E-state index contributed by atoms with van der Waals surface area (Å²) in [6, 6.07) is 11.6. The molecule has 1 atom stereocenters. The Kier molecular flexibility index (Phi) is 6.22. The summed E-state index contributed by atoms with van der Waals surface area (Å²) in [4.78, 5) is 30.0. The van der Waals surface area contributed by atoms with Crippen LogP contribution in [0.2, 0.25) is 0 Å². The van der Waals surface area contributed by atoms with Crippen LogP contribution < -0.4 is 15.1 Å². The number of nitrogens with one attached hydrogen (secondary N) is 1. The Morgan fingerprint density at radius 3 is 2.52 bits per heavy atom. The van der Waals surface area contributed by atoms with E-state index in [0.29, 0.717) is 11.6 Å². The highest BCUT2D eigenvalue weighted by atomic mass is 79.9. The van der Waals surface area contributed by atoms with Crippen LogP contribution in [0.5, 0.6) is 0 Å². The van der Waals surface area contributed by atoms with E-state index in [2.05, 4.69) is 66.0 Å². The molecule has 2 aliphatic rings. The second-order valence-electron chi connectivity index (χ2n) is 9.36. The van der Waals surface area contributed by atoms with Crippen molar-refractivity contribution in [2.75, 3.05) is 16.3 Å². The Hall–Kier alpha value is -2.51. The summed E-state index contributed by atoms with van der Waals surface area (Å²) in [7, 11) is 0. The van der Waals surface area contributed by atoms with E-state index in [1.807, 2.05) is 19.1 Å². The van der Waals surface area contributed by atoms with Gasteiger partial charge >= 0.3 is 0 Å². The lowest BCUT2D eigenvalue weighted by atomic mass is 9.79. The van der Waals surface area contributed by atoms with Crippen LogP contribution in [-0.4, -0.2) is 29.0 Å². The molecule has 2 amide bonds. The number of benzene rings is 2. The number of carbonyl (C=O) groups is 2. The molecule has 7 heteroatoms. The number of aryl methyl sites for hydroxylation is 1. The second-order valence-corrected chi connectivity index (χ2v) is 10.7. The molecule has 0 radical (unpaired) electrons. The fraction of sp³-hybridized carbons (Fsp3) is 0.346. The number of carbonyl (C=O) groups excluding carboxylic acids is 2. The summed E-state index contributed by atoms with van der Waals surface area (Å²) in [6.45, 7) is 11.9. The number of hydrogen-bond donors (Lipinski definition) is 1. The Morgan fingerprint density at radius 2 is 1.88 bits per heavy atom. The lowest BCUT2D eigenvalue weighted by Gasteiger charge is -2.47. The van der Waals surface area contributed by atoms with E-state index >= 15 is 0 Å². The first-order valence-electron chi connectivity index (χ1n) is 11.1.